The molecular formula is C11H12N2O2S. The fourth-order valence-corrected chi connectivity index (χ4v) is 1.89. The number of carbonyl (C=O) groups excluding carboxylic acids is 1. The third-order valence-electron chi connectivity index (χ3n) is 1.77. The van der Waals surface area contributed by atoms with Gasteiger partial charge in [0.1, 0.15) is 5.75 Å². The van der Waals surface area contributed by atoms with Crippen molar-refractivity contribution in [2.45, 2.75) is 12.2 Å². The Morgan fingerprint density at radius 1 is 1.44 bits per heavy atom. The Kier molecular flexibility index (Phi) is 5.23. The molecule has 0 aliphatic carbocycles. The average Bonchev–Trinajstić information content (AvgIpc) is 2.26. The van der Waals surface area contributed by atoms with Gasteiger partial charge in [-0.05, 0) is 17.7 Å². The molecule has 0 unspecified atom stereocenters. The first kappa shape index (κ1) is 12.4. The molecular weight excluding hydrogens is 224 g/mol. The van der Waals surface area contributed by atoms with Crippen LogP contribution in [0.25, 0.3) is 0 Å². The number of amides is 1. The van der Waals surface area contributed by atoms with Gasteiger partial charge >= 0.3 is 6.09 Å². The molecule has 5 heteroatoms. The highest BCUT2D eigenvalue weighted by molar-refractivity contribution is 7.98. The molecule has 2 N–H and O–H groups in total. The number of carbonyl (C=O) groups is 1. The van der Waals surface area contributed by atoms with Crippen LogP contribution < -0.4 is 10.5 Å². The van der Waals surface area contributed by atoms with Crippen LogP contribution in [0.5, 0.6) is 5.75 Å². The van der Waals surface area contributed by atoms with E-state index in [1.165, 1.54) is 0 Å². The smallest absolute Gasteiger partial charge is 0.409 e. The number of ether oxygens (including phenoxy) is 1. The van der Waals surface area contributed by atoms with E-state index in [1.807, 2.05) is 12.1 Å². The van der Waals surface area contributed by atoms with E-state index in [-0.39, 0.29) is 0 Å². The summed E-state index contributed by atoms with van der Waals surface area (Å²) in [4.78, 5) is 10.5. The van der Waals surface area contributed by atoms with Crippen molar-refractivity contribution >= 4 is 17.9 Å². The zero-order valence-electron chi connectivity index (χ0n) is 8.68. The van der Waals surface area contributed by atoms with Gasteiger partial charge in [-0.15, -0.1) is 0 Å². The molecule has 0 aliphatic heterocycles. The first-order valence-corrected chi connectivity index (χ1v) is 5.89. The van der Waals surface area contributed by atoms with Crippen molar-refractivity contribution in [2.24, 2.45) is 5.73 Å². The molecule has 0 radical (unpaired) electrons. The summed E-state index contributed by atoms with van der Waals surface area (Å²) >= 11 is 1.70. The Balaban J connectivity index is 2.39. The molecule has 1 amide bonds. The maximum absolute atomic E-state index is 10.5. The van der Waals surface area contributed by atoms with Crippen LogP contribution in [0, 0.1) is 11.3 Å². The monoisotopic (exact) mass is 236 g/mol. The number of nitriles is 1. The molecule has 0 saturated carbocycles. The lowest BCUT2D eigenvalue weighted by atomic mass is 10.2. The van der Waals surface area contributed by atoms with Gasteiger partial charge in [0.15, 0.2) is 0 Å². The van der Waals surface area contributed by atoms with Gasteiger partial charge in [-0.25, -0.2) is 4.79 Å². The molecule has 4 nitrogen and oxygen atoms in total. The highest BCUT2D eigenvalue weighted by Gasteiger charge is 1.99. The van der Waals surface area contributed by atoms with E-state index in [0.29, 0.717) is 12.2 Å². The van der Waals surface area contributed by atoms with E-state index in [1.54, 1.807) is 23.9 Å². The summed E-state index contributed by atoms with van der Waals surface area (Å²) in [6.07, 6.45) is -0.246. The molecule has 0 atom stereocenters. The van der Waals surface area contributed by atoms with Gasteiger partial charge in [-0.2, -0.15) is 17.0 Å². The lowest BCUT2D eigenvalue weighted by molar-refractivity contribution is 0.211. The summed E-state index contributed by atoms with van der Waals surface area (Å²) < 4.78 is 4.70. The minimum atomic E-state index is -0.809. The second kappa shape index (κ2) is 6.75. The Labute approximate surface area is 98.4 Å². The Morgan fingerprint density at radius 3 is 2.69 bits per heavy atom. The Morgan fingerprint density at radius 2 is 2.12 bits per heavy atom. The van der Waals surface area contributed by atoms with Gasteiger partial charge in [-0.3, -0.25) is 0 Å². The van der Waals surface area contributed by atoms with Gasteiger partial charge < -0.3 is 10.5 Å². The average molecular weight is 236 g/mol. The van der Waals surface area contributed by atoms with Crippen molar-refractivity contribution < 1.29 is 9.53 Å². The zero-order valence-corrected chi connectivity index (χ0v) is 9.50. The lowest BCUT2D eigenvalue weighted by Gasteiger charge is -2.03. The van der Waals surface area contributed by atoms with E-state index in [4.69, 9.17) is 15.7 Å². The summed E-state index contributed by atoms with van der Waals surface area (Å²) in [6.45, 7) is 0. The molecule has 16 heavy (non-hydrogen) atoms. The molecule has 0 spiro atoms. The van der Waals surface area contributed by atoms with E-state index < -0.39 is 6.09 Å². The highest BCUT2D eigenvalue weighted by atomic mass is 32.2. The summed E-state index contributed by atoms with van der Waals surface area (Å²) in [5.41, 5.74) is 6.00. The summed E-state index contributed by atoms with van der Waals surface area (Å²) in [7, 11) is 0. The second-order valence-corrected chi connectivity index (χ2v) is 4.13. The first-order valence-electron chi connectivity index (χ1n) is 4.73. The number of hydrogen-bond donors (Lipinski definition) is 1. The van der Waals surface area contributed by atoms with Crippen LogP contribution in [-0.2, 0) is 5.75 Å². The third kappa shape index (κ3) is 4.71. The van der Waals surface area contributed by atoms with Crippen molar-refractivity contribution in [2.75, 3.05) is 5.75 Å². The van der Waals surface area contributed by atoms with Crippen molar-refractivity contribution in [1.29, 1.82) is 5.26 Å². The molecule has 1 aromatic rings. The van der Waals surface area contributed by atoms with Crippen LogP contribution in [0.2, 0.25) is 0 Å². The van der Waals surface area contributed by atoms with Gasteiger partial charge in [0.25, 0.3) is 0 Å². The molecule has 1 rings (SSSR count). The largest absolute Gasteiger partial charge is 0.411 e. The standard InChI is InChI=1S/C11H12N2O2S/c12-6-1-7-16-8-9-2-4-10(5-3-9)15-11(13)14/h2-5H,1,7-8H2,(H2,13,14). The fourth-order valence-electron chi connectivity index (χ4n) is 1.08. The number of nitrogens with zero attached hydrogens (tertiary/aromatic N) is 1. The molecule has 0 bridgehead atoms. The first-order chi connectivity index (χ1) is 7.72. The molecule has 0 aromatic heterocycles. The van der Waals surface area contributed by atoms with E-state index in [2.05, 4.69) is 6.07 Å². The van der Waals surface area contributed by atoms with Crippen molar-refractivity contribution in [3.63, 3.8) is 0 Å². The predicted molar refractivity (Wildman–Crippen MR) is 63.0 cm³/mol. The van der Waals surface area contributed by atoms with Crippen molar-refractivity contribution in [3.8, 4) is 11.8 Å². The highest BCUT2D eigenvalue weighted by Crippen LogP contribution is 2.17. The SMILES string of the molecule is N#CCCSCc1ccc(OC(N)=O)cc1. The van der Waals surface area contributed by atoms with Crippen LogP contribution in [0.1, 0.15) is 12.0 Å². The van der Waals surface area contributed by atoms with Gasteiger partial charge in [0.05, 0.1) is 6.07 Å². The summed E-state index contributed by atoms with van der Waals surface area (Å²) in [5.74, 6) is 2.12. The maximum Gasteiger partial charge on any atom is 0.409 e. The van der Waals surface area contributed by atoms with E-state index in [9.17, 15) is 4.79 Å². The van der Waals surface area contributed by atoms with Gasteiger partial charge in [-0.1, -0.05) is 12.1 Å². The van der Waals surface area contributed by atoms with Crippen molar-refractivity contribution in [1.82, 2.24) is 0 Å². The van der Waals surface area contributed by atoms with E-state index in [0.717, 1.165) is 17.1 Å². The second-order valence-electron chi connectivity index (χ2n) is 3.03. The predicted octanol–water partition coefficient (Wildman–Crippen LogP) is 2.29. The van der Waals surface area contributed by atoms with Crippen LogP contribution >= 0.6 is 11.8 Å². The number of primary amides is 1. The van der Waals surface area contributed by atoms with Crippen LogP contribution in [0.4, 0.5) is 4.79 Å². The van der Waals surface area contributed by atoms with Crippen molar-refractivity contribution in [3.05, 3.63) is 29.8 Å². The minimum Gasteiger partial charge on any atom is -0.411 e. The maximum atomic E-state index is 10.5. The summed E-state index contributed by atoms with van der Waals surface area (Å²) in [6, 6.07) is 9.24. The minimum absolute atomic E-state index is 0.443. The van der Waals surface area contributed by atoms with Gasteiger partial charge in [0.2, 0.25) is 0 Å². The van der Waals surface area contributed by atoms with Crippen LogP contribution in [-0.4, -0.2) is 11.8 Å². The molecule has 0 heterocycles. The van der Waals surface area contributed by atoms with Crippen LogP contribution in [0.15, 0.2) is 24.3 Å². The normalized spacial score (nSPS) is 9.44. The number of nitrogens with two attached hydrogens (primary N) is 1. The molecule has 84 valence electrons. The number of rotatable bonds is 5. The number of benzene rings is 1. The third-order valence-corrected chi connectivity index (χ3v) is 2.80. The fraction of sp³-hybridized carbons (Fsp3) is 0.273. The lowest BCUT2D eigenvalue weighted by Crippen LogP contribution is -2.16. The number of hydrogen-bond acceptors (Lipinski definition) is 4. The Hall–Kier alpha value is -1.67. The quantitative estimate of drug-likeness (QED) is 0.796. The molecule has 0 fully saturated rings. The van der Waals surface area contributed by atoms with E-state index >= 15 is 0 Å². The Bertz CT molecular complexity index is 384. The zero-order chi connectivity index (χ0) is 11.8. The van der Waals surface area contributed by atoms with Crippen LogP contribution in [0.3, 0.4) is 0 Å². The molecule has 1 aromatic carbocycles. The molecule has 0 saturated heterocycles. The molecule has 0 aliphatic rings. The van der Waals surface area contributed by atoms with Gasteiger partial charge in [0, 0.05) is 17.9 Å². The number of thioether (sulfide) groups is 1. The summed E-state index contributed by atoms with van der Waals surface area (Å²) in [5, 5.41) is 8.36. The topological polar surface area (TPSA) is 76.1 Å².